The first-order valence-electron chi connectivity index (χ1n) is 6.97. The summed E-state index contributed by atoms with van der Waals surface area (Å²) in [6.45, 7) is 7.91. The van der Waals surface area contributed by atoms with Gasteiger partial charge in [0.15, 0.2) is 0 Å². The molecule has 0 atom stereocenters. The third-order valence-electron chi connectivity index (χ3n) is 3.56. The van der Waals surface area contributed by atoms with E-state index in [4.69, 9.17) is 0 Å². The molecule has 17 heavy (non-hydrogen) atoms. The topological polar surface area (TPSA) is 15.3 Å². The molecule has 0 aromatic heterocycles. The SMILES string of the molecule is CCCCN(CC)c1ccc2c(c1)CCCN2. The van der Waals surface area contributed by atoms with Gasteiger partial charge < -0.3 is 10.2 Å². The summed E-state index contributed by atoms with van der Waals surface area (Å²) in [5.74, 6) is 0. The van der Waals surface area contributed by atoms with Crippen LogP contribution in [-0.4, -0.2) is 19.6 Å². The van der Waals surface area contributed by atoms with Gasteiger partial charge in [-0.25, -0.2) is 0 Å². The zero-order valence-electron chi connectivity index (χ0n) is 11.1. The van der Waals surface area contributed by atoms with E-state index in [-0.39, 0.29) is 0 Å². The van der Waals surface area contributed by atoms with E-state index in [2.05, 4.69) is 42.3 Å². The molecule has 94 valence electrons. The number of aryl methyl sites for hydroxylation is 1. The van der Waals surface area contributed by atoms with Gasteiger partial charge in [0.1, 0.15) is 0 Å². The van der Waals surface area contributed by atoms with Crippen LogP contribution in [-0.2, 0) is 6.42 Å². The van der Waals surface area contributed by atoms with Crippen molar-refractivity contribution < 1.29 is 0 Å². The second kappa shape index (κ2) is 5.95. The highest BCUT2D eigenvalue weighted by Gasteiger charge is 2.11. The first-order valence-corrected chi connectivity index (χ1v) is 6.97. The molecule has 0 spiro atoms. The Balaban J connectivity index is 2.13. The van der Waals surface area contributed by atoms with Gasteiger partial charge in [0, 0.05) is 31.0 Å². The van der Waals surface area contributed by atoms with E-state index in [1.165, 1.54) is 49.2 Å². The molecule has 2 heteroatoms. The maximum atomic E-state index is 3.47. The second-order valence-corrected chi connectivity index (χ2v) is 4.81. The molecule has 1 N–H and O–H groups in total. The van der Waals surface area contributed by atoms with E-state index >= 15 is 0 Å². The number of benzene rings is 1. The van der Waals surface area contributed by atoms with Crippen molar-refractivity contribution in [3.05, 3.63) is 23.8 Å². The summed E-state index contributed by atoms with van der Waals surface area (Å²) in [7, 11) is 0. The standard InChI is InChI=1S/C15H24N2/c1-3-5-11-17(4-2)14-8-9-15-13(12-14)7-6-10-16-15/h8-9,12,16H,3-7,10-11H2,1-2H3. The van der Waals surface area contributed by atoms with Gasteiger partial charge in [-0.15, -0.1) is 0 Å². The number of hydrogen-bond acceptors (Lipinski definition) is 2. The van der Waals surface area contributed by atoms with E-state index in [9.17, 15) is 0 Å². The Morgan fingerprint density at radius 3 is 2.94 bits per heavy atom. The molecule has 0 radical (unpaired) electrons. The van der Waals surface area contributed by atoms with Crippen molar-refractivity contribution in [3.8, 4) is 0 Å². The molecule has 1 aliphatic heterocycles. The van der Waals surface area contributed by atoms with Gasteiger partial charge in [-0.05, 0) is 49.9 Å². The van der Waals surface area contributed by atoms with Crippen molar-refractivity contribution in [1.82, 2.24) is 0 Å². The molecule has 1 heterocycles. The summed E-state index contributed by atoms with van der Waals surface area (Å²) >= 11 is 0. The van der Waals surface area contributed by atoms with Crippen LogP contribution in [0.1, 0.15) is 38.7 Å². The fraction of sp³-hybridized carbons (Fsp3) is 0.600. The predicted molar refractivity (Wildman–Crippen MR) is 76.0 cm³/mol. The summed E-state index contributed by atoms with van der Waals surface area (Å²) in [4.78, 5) is 2.48. The number of nitrogens with one attached hydrogen (secondary N) is 1. The number of nitrogens with zero attached hydrogens (tertiary/aromatic N) is 1. The Hall–Kier alpha value is -1.18. The van der Waals surface area contributed by atoms with Crippen molar-refractivity contribution in [3.63, 3.8) is 0 Å². The number of rotatable bonds is 5. The van der Waals surface area contributed by atoms with E-state index in [0.717, 1.165) is 13.1 Å². The van der Waals surface area contributed by atoms with Gasteiger partial charge in [0.25, 0.3) is 0 Å². The van der Waals surface area contributed by atoms with Crippen molar-refractivity contribution in [1.29, 1.82) is 0 Å². The fourth-order valence-corrected chi connectivity index (χ4v) is 2.48. The third kappa shape index (κ3) is 2.93. The summed E-state index contributed by atoms with van der Waals surface area (Å²) in [6, 6.07) is 6.88. The van der Waals surface area contributed by atoms with Crippen molar-refractivity contribution in [2.75, 3.05) is 29.9 Å². The minimum Gasteiger partial charge on any atom is -0.385 e. The van der Waals surface area contributed by atoms with Gasteiger partial charge in [-0.2, -0.15) is 0 Å². The second-order valence-electron chi connectivity index (χ2n) is 4.81. The van der Waals surface area contributed by atoms with Crippen LogP contribution in [0, 0.1) is 0 Å². The lowest BCUT2D eigenvalue weighted by Crippen LogP contribution is -2.24. The Morgan fingerprint density at radius 1 is 1.29 bits per heavy atom. The highest BCUT2D eigenvalue weighted by atomic mass is 15.1. The van der Waals surface area contributed by atoms with Gasteiger partial charge in [0.2, 0.25) is 0 Å². The molecule has 1 aliphatic rings. The summed E-state index contributed by atoms with van der Waals surface area (Å²) < 4.78 is 0. The lowest BCUT2D eigenvalue weighted by Gasteiger charge is -2.26. The maximum Gasteiger partial charge on any atom is 0.0374 e. The monoisotopic (exact) mass is 232 g/mol. The van der Waals surface area contributed by atoms with E-state index in [1.54, 1.807) is 0 Å². The predicted octanol–water partition coefficient (Wildman–Crippen LogP) is 3.67. The molecular formula is C15H24N2. The third-order valence-corrected chi connectivity index (χ3v) is 3.56. The molecule has 2 nitrogen and oxygen atoms in total. The molecule has 1 aromatic carbocycles. The normalized spacial score (nSPS) is 14.0. The Bertz CT molecular complexity index is 360. The lowest BCUT2D eigenvalue weighted by atomic mass is 10.0. The minimum atomic E-state index is 1.10. The molecule has 0 unspecified atom stereocenters. The Morgan fingerprint density at radius 2 is 2.18 bits per heavy atom. The lowest BCUT2D eigenvalue weighted by molar-refractivity contribution is 0.731. The Kier molecular flexibility index (Phi) is 4.29. The van der Waals surface area contributed by atoms with Crippen LogP contribution >= 0.6 is 0 Å². The quantitative estimate of drug-likeness (QED) is 0.833. The molecule has 0 saturated heterocycles. The van der Waals surface area contributed by atoms with Crippen LogP contribution in [0.3, 0.4) is 0 Å². The molecule has 0 saturated carbocycles. The average Bonchev–Trinajstić information content (AvgIpc) is 2.39. The Labute approximate surface area is 105 Å². The van der Waals surface area contributed by atoms with Crippen molar-refractivity contribution in [2.24, 2.45) is 0 Å². The number of unbranched alkanes of at least 4 members (excludes halogenated alkanes) is 1. The number of hydrogen-bond donors (Lipinski definition) is 1. The highest BCUT2D eigenvalue weighted by Crippen LogP contribution is 2.27. The molecule has 0 aliphatic carbocycles. The molecule has 0 amide bonds. The minimum absolute atomic E-state index is 1.10. The van der Waals surface area contributed by atoms with Crippen molar-refractivity contribution in [2.45, 2.75) is 39.5 Å². The molecule has 0 bridgehead atoms. The zero-order chi connectivity index (χ0) is 12.1. The highest BCUT2D eigenvalue weighted by molar-refractivity contribution is 5.61. The first kappa shape index (κ1) is 12.3. The van der Waals surface area contributed by atoms with Crippen LogP contribution in [0.15, 0.2) is 18.2 Å². The van der Waals surface area contributed by atoms with Gasteiger partial charge in [0.05, 0.1) is 0 Å². The zero-order valence-corrected chi connectivity index (χ0v) is 11.1. The molecule has 2 rings (SSSR count). The van der Waals surface area contributed by atoms with Crippen LogP contribution in [0.25, 0.3) is 0 Å². The number of anilines is 2. The molecule has 0 fully saturated rings. The summed E-state index contributed by atoms with van der Waals surface area (Å²) in [6.07, 6.45) is 5.03. The van der Waals surface area contributed by atoms with Crippen LogP contribution in [0.4, 0.5) is 11.4 Å². The van der Waals surface area contributed by atoms with Gasteiger partial charge in [-0.3, -0.25) is 0 Å². The summed E-state index contributed by atoms with van der Waals surface area (Å²) in [5, 5.41) is 3.47. The smallest absolute Gasteiger partial charge is 0.0374 e. The number of fused-ring (bicyclic) bond motifs is 1. The van der Waals surface area contributed by atoms with Gasteiger partial charge >= 0.3 is 0 Å². The van der Waals surface area contributed by atoms with Crippen LogP contribution < -0.4 is 10.2 Å². The van der Waals surface area contributed by atoms with Crippen molar-refractivity contribution >= 4 is 11.4 Å². The van der Waals surface area contributed by atoms with Crippen LogP contribution in [0.2, 0.25) is 0 Å². The van der Waals surface area contributed by atoms with E-state index in [0.29, 0.717) is 0 Å². The van der Waals surface area contributed by atoms with Crippen LogP contribution in [0.5, 0.6) is 0 Å². The van der Waals surface area contributed by atoms with Gasteiger partial charge in [-0.1, -0.05) is 13.3 Å². The average molecular weight is 232 g/mol. The summed E-state index contributed by atoms with van der Waals surface area (Å²) in [5.41, 5.74) is 4.22. The maximum absolute atomic E-state index is 3.47. The first-order chi connectivity index (χ1) is 8.35. The molecular weight excluding hydrogens is 208 g/mol. The molecule has 1 aromatic rings. The largest absolute Gasteiger partial charge is 0.385 e. The fourth-order valence-electron chi connectivity index (χ4n) is 2.48. The van der Waals surface area contributed by atoms with E-state index < -0.39 is 0 Å². The van der Waals surface area contributed by atoms with E-state index in [1.807, 2.05) is 0 Å².